The quantitative estimate of drug-likeness (QED) is 0.542. The maximum atomic E-state index is 4.52. The van der Waals surface area contributed by atoms with E-state index in [1.807, 2.05) is 0 Å². The fourth-order valence-corrected chi connectivity index (χ4v) is 2.57. The monoisotopic (exact) mass is 291 g/mol. The molecule has 1 aromatic carbocycles. The van der Waals surface area contributed by atoms with Crippen LogP contribution in [0.4, 0.5) is 0 Å². The van der Waals surface area contributed by atoms with Gasteiger partial charge in [0.25, 0.3) is 0 Å². The second-order valence-corrected chi connectivity index (χ2v) is 5.25. The summed E-state index contributed by atoms with van der Waals surface area (Å²) >= 11 is 3.45. The van der Waals surface area contributed by atoms with Crippen molar-refractivity contribution in [3.63, 3.8) is 0 Å². The maximum absolute atomic E-state index is 4.52. The number of aliphatic imine (C=N–C) groups is 1. The number of unbranched alkanes of at least 4 members (excludes halogenated alkanes) is 1. The smallest absolute Gasteiger partial charge is 0.102 e. The molecule has 0 aliphatic carbocycles. The fraction of sp³-hybridized carbons (Fsp3) is 0.400. The zero-order valence-corrected chi connectivity index (χ0v) is 11.6. The molecule has 2 rings (SSSR count). The lowest BCUT2D eigenvalue weighted by atomic mass is 10.0. The second-order valence-electron chi connectivity index (χ2n) is 4.44. The van der Waals surface area contributed by atoms with Crippen LogP contribution in [0.1, 0.15) is 37.7 Å². The molecule has 2 heteroatoms. The van der Waals surface area contributed by atoms with Gasteiger partial charge in [0.15, 0.2) is 0 Å². The third-order valence-electron chi connectivity index (χ3n) is 3.03. The third-order valence-corrected chi connectivity index (χ3v) is 3.54. The molecule has 0 aromatic heterocycles. The highest BCUT2D eigenvalue weighted by molar-refractivity contribution is 9.11. The lowest BCUT2D eigenvalue weighted by Crippen LogP contribution is -2.01. The molecule has 0 saturated heterocycles. The Balaban J connectivity index is 1.69. The van der Waals surface area contributed by atoms with Gasteiger partial charge in [0.1, 0.15) is 4.61 Å². The van der Waals surface area contributed by atoms with Gasteiger partial charge >= 0.3 is 0 Å². The Morgan fingerprint density at radius 1 is 1.06 bits per heavy atom. The summed E-state index contributed by atoms with van der Waals surface area (Å²) in [4.78, 5) is 4.52. The van der Waals surface area contributed by atoms with Crippen LogP contribution in [-0.2, 0) is 6.42 Å². The summed E-state index contributed by atoms with van der Waals surface area (Å²) in [5, 5.41) is 0. The molecule has 0 unspecified atom stereocenters. The van der Waals surface area contributed by atoms with E-state index in [1.54, 1.807) is 0 Å². The molecular weight excluding hydrogens is 274 g/mol. The molecule has 0 bridgehead atoms. The molecule has 0 radical (unpaired) electrons. The number of hydrogen-bond donors (Lipinski definition) is 0. The van der Waals surface area contributed by atoms with Crippen LogP contribution in [0.15, 0.2) is 46.0 Å². The Bertz CT molecular complexity index is 406. The van der Waals surface area contributed by atoms with Gasteiger partial charge in [-0.15, -0.1) is 0 Å². The van der Waals surface area contributed by atoms with E-state index in [0.717, 1.165) is 23.9 Å². The Morgan fingerprint density at radius 3 is 2.59 bits per heavy atom. The first-order valence-electron chi connectivity index (χ1n) is 6.30. The van der Waals surface area contributed by atoms with Crippen molar-refractivity contribution in [2.24, 2.45) is 4.99 Å². The molecule has 0 saturated carbocycles. The Morgan fingerprint density at radius 2 is 1.82 bits per heavy atom. The van der Waals surface area contributed by atoms with Crippen LogP contribution in [0.5, 0.6) is 0 Å². The normalized spacial score (nSPS) is 15.4. The first-order valence-corrected chi connectivity index (χ1v) is 7.10. The van der Waals surface area contributed by atoms with Gasteiger partial charge in [-0.2, -0.15) is 0 Å². The van der Waals surface area contributed by atoms with Crippen LogP contribution in [0.2, 0.25) is 0 Å². The minimum absolute atomic E-state index is 1.02. The van der Waals surface area contributed by atoms with Crippen LogP contribution < -0.4 is 0 Å². The predicted octanol–water partition coefficient (Wildman–Crippen LogP) is 4.87. The summed E-state index contributed by atoms with van der Waals surface area (Å²) in [5.41, 5.74) is 2.80. The van der Waals surface area contributed by atoms with E-state index in [1.165, 1.54) is 30.5 Å². The van der Waals surface area contributed by atoms with Crippen LogP contribution in [0, 0.1) is 0 Å². The minimum Gasteiger partial charge on any atom is -0.251 e. The molecule has 0 amide bonds. The van der Waals surface area contributed by atoms with Gasteiger partial charge < -0.3 is 0 Å². The number of halogens is 1. The van der Waals surface area contributed by atoms with Crippen molar-refractivity contribution in [3.05, 3.63) is 46.6 Å². The molecule has 1 nitrogen and oxygen atoms in total. The highest BCUT2D eigenvalue weighted by Crippen LogP contribution is 2.18. The first-order chi connectivity index (χ1) is 8.34. The number of benzene rings is 1. The van der Waals surface area contributed by atoms with Gasteiger partial charge in [0.05, 0.1) is 0 Å². The van der Waals surface area contributed by atoms with E-state index in [2.05, 4.69) is 57.3 Å². The molecular formula is C15H18BrN. The summed E-state index contributed by atoms with van der Waals surface area (Å²) in [7, 11) is 0. The van der Waals surface area contributed by atoms with Gasteiger partial charge in [-0.1, -0.05) is 36.4 Å². The Hall–Kier alpha value is -0.890. The SMILES string of the molecule is BrC1=CCCC(CCCCc2ccccc2)=N1. The zero-order chi connectivity index (χ0) is 11.9. The average molecular weight is 292 g/mol. The van der Waals surface area contributed by atoms with E-state index >= 15 is 0 Å². The Labute approximate surface area is 112 Å². The van der Waals surface area contributed by atoms with Crippen molar-refractivity contribution >= 4 is 21.6 Å². The molecule has 1 aliphatic rings. The van der Waals surface area contributed by atoms with E-state index in [-0.39, 0.29) is 0 Å². The average Bonchev–Trinajstić information content (AvgIpc) is 2.36. The highest BCUT2D eigenvalue weighted by Gasteiger charge is 2.05. The molecule has 90 valence electrons. The maximum Gasteiger partial charge on any atom is 0.102 e. The van der Waals surface area contributed by atoms with E-state index in [9.17, 15) is 0 Å². The van der Waals surface area contributed by atoms with Crippen molar-refractivity contribution in [2.45, 2.75) is 38.5 Å². The molecule has 0 fully saturated rings. The lowest BCUT2D eigenvalue weighted by Gasteiger charge is -2.09. The minimum atomic E-state index is 1.02. The summed E-state index contributed by atoms with van der Waals surface area (Å²) in [6.45, 7) is 0. The Kier molecular flexibility index (Phi) is 4.99. The number of aryl methyl sites for hydroxylation is 1. The molecule has 1 aliphatic heterocycles. The second kappa shape index (κ2) is 6.75. The predicted molar refractivity (Wildman–Crippen MR) is 77.7 cm³/mol. The number of allylic oxidation sites excluding steroid dienone is 1. The largest absolute Gasteiger partial charge is 0.251 e. The van der Waals surface area contributed by atoms with Crippen molar-refractivity contribution in [1.29, 1.82) is 0 Å². The van der Waals surface area contributed by atoms with Gasteiger partial charge in [-0.25, -0.2) is 0 Å². The molecule has 0 N–H and O–H groups in total. The summed E-state index contributed by atoms with van der Waals surface area (Å²) in [6.07, 6.45) is 9.26. The van der Waals surface area contributed by atoms with Crippen molar-refractivity contribution < 1.29 is 0 Å². The van der Waals surface area contributed by atoms with Gasteiger partial charge in [0.2, 0.25) is 0 Å². The first kappa shape index (κ1) is 12.6. The number of nitrogens with zero attached hydrogens (tertiary/aromatic N) is 1. The molecule has 0 spiro atoms. The molecule has 17 heavy (non-hydrogen) atoms. The third kappa shape index (κ3) is 4.47. The molecule has 0 atom stereocenters. The van der Waals surface area contributed by atoms with E-state index in [4.69, 9.17) is 0 Å². The summed E-state index contributed by atoms with van der Waals surface area (Å²) < 4.78 is 1.02. The topological polar surface area (TPSA) is 12.4 Å². The number of rotatable bonds is 5. The van der Waals surface area contributed by atoms with E-state index < -0.39 is 0 Å². The van der Waals surface area contributed by atoms with Gasteiger partial charge in [-0.05, 0) is 60.0 Å². The zero-order valence-electron chi connectivity index (χ0n) is 10.0. The fourth-order valence-electron chi connectivity index (χ4n) is 2.09. The summed E-state index contributed by atoms with van der Waals surface area (Å²) in [6, 6.07) is 10.7. The number of hydrogen-bond acceptors (Lipinski definition) is 1. The standard InChI is InChI=1S/C15H18BrN/c16-15-12-6-11-14(17-15)10-5-4-9-13-7-2-1-3-8-13/h1-3,7-8,12H,4-6,9-11H2. The van der Waals surface area contributed by atoms with Crippen LogP contribution >= 0.6 is 15.9 Å². The lowest BCUT2D eigenvalue weighted by molar-refractivity contribution is 0.752. The van der Waals surface area contributed by atoms with Crippen LogP contribution in [-0.4, -0.2) is 5.71 Å². The van der Waals surface area contributed by atoms with Crippen molar-refractivity contribution in [3.8, 4) is 0 Å². The highest BCUT2D eigenvalue weighted by atomic mass is 79.9. The molecule has 1 heterocycles. The van der Waals surface area contributed by atoms with Crippen molar-refractivity contribution in [1.82, 2.24) is 0 Å². The summed E-state index contributed by atoms with van der Waals surface area (Å²) in [5.74, 6) is 0. The van der Waals surface area contributed by atoms with Crippen LogP contribution in [0.3, 0.4) is 0 Å². The van der Waals surface area contributed by atoms with Gasteiger partial charge in [-0.3, -0.25) is 4.99 Å². The van der Waals surface area contributed by atoms with Crippen molar-refractivity contribution in [2.75, 3.05) is 0 Å². The van der Waals surface area contributed by atoms with Gasteiger partial charge in [0, 0.05) is 5.71 Å². The molecule has 1 aromatic rings. The van der Waals surface area contributed by atoms with E-state index in [0.29, 0.717) is 0 Å². The van der Waals surface area contributed by atoms with Crippen LogP contribution in [0.25, 0.3) is 0 Å².